The van der Waals surface area contributed by atoms with E-state index in [-0.39, 0.29) is 18.8 Å². The van der Waals surface area contributed by atoms with E-state index in [1.807, 2.05) is 0 Å². The SMILES string of the molecule is CC(C)N1CCCC(C2OCC(CC(=O)O)O2)C1. The lowest BCUT2D eigenvalue weighted by Gasteiger charge is -2.37. The van der Waals surface area contributed by atoms with Crippen molar-refractivity contribution in [1.82, 2.24) is 4.90 Å². The van der Waals surface area contributed by atoms with Gasteiger partial charge in [0.2, 0.25) is 0 Å². The fourth-order valence-electron chi connectivity index (χ4n) is 2.75. The molecule has 0 aromatic heterocycles. The van der Waals surface area contributed by atoms with Crippen LogP contribution < -0.4 is 0 Å². The first kappa shape index (κ1) is 13.8. The summed E-state index contributed by atoms with van der Waals surface area (Å²) in [5, 5.41) is 8.74. The van der Waals surface area contributed by atoms with Crippen LogP contribution >= 0.6 is 0 Å². The third kappa shape index (κ3) is 3.43. The highest BCUT2D eigenvalue weighted by atomic mass is 16.7. The number of aliphatic carboxylic acids is 1. The maximum absolute atomic E-state index is 10.6. The molecule has 0 radical (unpaired) electrons. The van der Waals surface area contributed by atoms with Gasteiger partial charge in [0.1, 0.15) is 0 Å². The molecule has 2 saturated heterocycles. The van der Waals surface area contributed by atoms with Gasteiger partial charge in [0.25, 0.3) is 0 Å². The van der Waals surface area contributed by atoms with Gasteiger partial charge in [0, 0.05) is 18.5 Å². The van der Waals surface area contributed by atoms with Crippen molar-refractivity contribution >= 4 is 5.97 Å². The summed E-state index contributed by atoms with van der Waals surface area (Å²) in [6.07, 6.45) is 1.82. The summed E-state index contributed by atoms with van der Waals surface area (Å²) in [4.78, 5) is 13.1. The van der Waals surface area contributed by atoms with Crippen LogP contribution in [0.2, 0.25) is 0 Å². The molecule has 0 saturated carbocycles. The van der Waals surface area contributed by atoms with Crippen molar-refractivity contribution in [3.05, 3.63) is 0 Å². The summed E-state index contributed by atoms with van der Waals surface area (Å²) in [7, 11) is 0. The first-order chi connectivity index (χ1) is 8.56. The minimum atomic E-state index is -0.822. The minimum Gasteiger partial charge on any atom is -0.481 e. The average Bonchev–Trinajstić information content (AvgIpc) is 2.77. The maximum Gasteiger partial charge on any atom is 0.306 e. The molecule has 2 rings (SSSR count). The summed E-state index contributed by atoms with van der Waals surface area (Å²) in [6, 6.07) is 0.545. The van der Waals surface area contributed by atoms with Crippen LogP contribution in [-0.2, 0) is 14.3 Å². The van der Waals surface area contributed by atoms with Gasteiger partial charge in [-0.15, -0.1) is 0 Å². The van der Waals surface area contributed by atoms with Crippen molar-refractivity contribution in [2.75, 3.05) is 19.7 Å². The van der Waals surface area contributed by atoms with E-state index in [0.29, 0.717) is 18.6 Å². The number of hydrogen-bond donors (Lipinski definition) is 1. The van der Waals surface area contributed by atoms with Crippen molar-refractivity contribution in [1.29, 1.82) is 0 Å². The topological polar surface area (TPSA) is 59.0 Å². The zero-order chi connectivity index (χ0) is 13.1. The number of likely N-dealkylation sites (tertiary alicyclic amines) is 1. The van der Waals surface area contributed by atoms with Crippen molar-refractivity contribution in [2.24, 2.45) is 5.92 Å². The third-order valence-corrected chi connectivity index (χ3v) is 3.78. The predicted octanol–water partition coefficient (Wildman–Crippen LogP) is 1.32. The molecule has 2 fully saturated rings. The van der Waals surface area contributed by atoms with Gasteiger partial charge >= 0.3 is 5.97 Å². The number of nitrogens with zero attached hydrogens (tertiary/aromatic N) is 1. The summed E-state index contributed by atoms with van der Waals surface area (Å²) in [5.41, 5.74) is 0. The van der Waals surface area contributed by atoms with E-state index in [1.54, 1.807) is 0 Å². The molecule has 104 valence electrons. The van der Waals surface area contributed by atoms with Gasteiger partial charge in [-0.1, -0.05) is 0 Å². The van der Waals surface area contributed by atoms with Crippen molar-refractivity contribution in [3.63, 3.8) is 0 Å². The summed E-state index contributed by atoms with van der Waals surface area (Å²) < 4.78 is 11.3. The zero-order valence-corrected chi connectivity index (χ0v) is 11.2. The minimum absolute atomic E-state index is 0.0388. The number of rotatable bonds is 4. The van der Waals surface area contributed by atoms with Crippen LogP contribution in [0.25, 0.3) is 0 Å². The molecule has 3 atom stereocenters. The van der Waals surface area contributed by atoms with Crippen LogP contribution in [0.15, 0.2) is 0 Å². The van der Waals surface area contributed by atoms with Crippen LogP contribution in [0, 0.1) is 5.92 Å². The normalized spacial score (nSPS) is 34.1. The van der Waals surface area contributed by atoms with Gasteiger partial charge in [0.15, 0.2) is 6.29 Å². The number of hydrogen-bond acceptors (Lipinski definition) is 4. The third-order valence-electron chi connectivity index (χ3n) is 3.78. The Morgan fingerprint density at radius 3 is 2.94 bits per heavy atom. The number of ether oxygens (including phenoxy) is 2. The molecule has 5 nitrogen and oxygen atoms in total. The van der Waals surface area contributed by atoms with Gasteiger partial charge in [-0.25, -0.2) is 0 Å². The fourth-order valence-corrected chi connectivity index (χ4v) is 2.75. The van der Waals surface area contributed by atoms with Gasteiger partial charge in [-0.3, -0.25) is 4.79 Å². The Hall–Kier alpha value is -0.650. The second-order valence-corrected chi connectivity index (χ2v) is 5.55. The number of carboxylic acids is 1. The molecular formula is C13H23NO4. The molecule has 0 spiro atoms. The van der Waals surface area contributed by atoms with Gasteiger partial charge in [0.05, 0.1) is 19.1 Å². The van der Waals surface area contributed by atoms with E-state index >= 15 is 0 Å². The first-order valence-corrected chi connectivity index (χ1v) is 6.79. The van der Waals surface area contributed by atoms with E-state index in [9.17, 15) is 4.79 Å². The first-order valence-electron chi connectivity index (χ1n) is 6.79. The average molecular weight is 257 g/mol. The lowest BCUT2D eigenvalue weighted by atomic mass is 9.96. The monoisotopic (exact) mass is 257 g/mol. The molecule has 0 aromatic rings. The van der Waals surface area contributed by atoms with Crippen LogP contribution in [0.3, 0.4) is 0 Å². The number of carbonyl (C=O) groups is 1. The van der Waals surface area contributed by atoms with Crippen LogP contribution in [-0.4, -0.2) is 54.1 Å². The maximum atomic E-state index is 10.6. The molecule has 18 heavy (non-hydrogen) atoms. The van der Waals surface area contributed by atoms with Crippen molar-refractivity contribution < 1.29 is 19.4 Å². The molecule has 2 aliphatic rings. The molecule has 2 heterocycles. The second kappa shape index (κ2) is 5.99. The molecule has 0 aliphatic carbocycles. The molecule has 2 aliphatic heterocycles. The highest BCUT2D eigenvalue weighted by Crippen LogP contribution is 2.28. The van der Waals surface area contributed by atoms with E-state index in [4.69, 9.17) is 14.6 Å². The van der Waals surface area contributed by atoms with Crippen LogP contribution in [0.1, 0.15) is 33.1 Å². The standard InChI is InChI=1S/C13H23NO4/c1-9(2)14-5-3-4-10(7-14)13-17-8-11(18-13)6-12(15)16/h9-11,13H,3-8H2,1-2H3,(H,15,16). The molecule has 5 heteroatoms. The van der Waals surface area contributed by atoms with Crippen LogP contribution in [0.4, 0.5) is 0 Å². The highest BCUT2D eigenvalue weighted by molar-refractivity contribution is 5.67. The number of piperidine rings is 1. The van der Waals surface area contributed by atoms with Gasteiger partial charge in [-0.2, -0.15) is 0 Å². The fraction of sp³-hybridized carbons (Fsp3) is 0.923. The Kier molecular flexibility index (Phi) is 4.59. The lowest BCUT2D eigenvalue weighted by Crippen LogP contribution is -2.44. The summed E-state index contributed by atoms with van der Waals surface area (Å²) >= 11 is 0. The van der Waals surface area contributed by atoms with Gasteiger partial charge in [-0.05, 0) is 33.2 Å². The molecule has 0 aromatic carbocycles. The van der Waals surface area contributed by atoms with E-state index in [1.165, 1.54) is 0 Å². The Bertz CT molecular complexity index is 295. The van der Waals surface area contributed by atoms with E-state index in [2.05, 4.69) is 18.7 Å². The molecule has 3 unspecified atom stereocenters. The van der Waals surface area contributed by atoms with E-state index < -0.39 is 5.97 Å². The van der Waals surface area contributed by atoms with Crippen LogP contribution in [0.5, 0.6) is 0 Å². The lowest BCUT2D eigenvalue weighted by molar-refractivity contribution is -0.142. The molecule has 0 bridgehead atoms. The molecule has 0 amide bonds. The van der Waals surface area contributed by atoms with E-state index in [0.717, 1.165) is 25.9 Å². The number of carboxylic acid groups (broad SMARTS) is 1. The van der Waals surface area contributed by atoms with Crippen molar-refractivity contribution in [3.8, 4) is 0 Å². The zero-order valence-electron chi connectivity index (χ0n) is 11.2. The second-order valence-electron chi connectivity index (χ2n) is 5.55. The summed E-state index contributed by atoms with van der Waals surface area (Å²) in [6.45, 7) is 6.94. The Morgan fingerprint density at radius 2 is 2.28 bits per heavy atom. The Labute approximate surface area is 108 Å². The largest absolute Gasteiger partial charge is 0.481 e. The molecule has 1 N–H and O–H groups in total. The Morgan fingerprint density at radius 1 is 1.50 bits per heavy atom. The Balaban J connectivity index is 1.83. The highest BCUT2D eigenvalue weighted by Gasteiger charge is 2.36. The van der Waals surface area contributed by atoms with Crippen molar-refractivity contribution in [2.45, 2.75) is 51.5 Å². The molecular weight excluding hydrogens is 234 g/mol. The smallest absolute Gasteiger partial charge is 0.306 e. The predicted molar refractivity (Wildman–Crippen MR) is 66.3 cm³/mol. The quantitative estimate of drug-likeness (QED) is 0.823. The van der Waals surface area contributed by atoms with Gasteiger partial charge < -0.3 is 19.5 Å². The summed E-state index contributed by atoms with van der Waals surface area (Å²) in [5.74, 6) is -0.448.